The van der Waals surface area contributed by atoms with Crippen molar-refractivity contribution in [2.45, 2.75) is 29.2 Å². The van der Waals surface area contributed by atoms with E-state index in [1.807, 2.05) is 0 Å². The molecule has 0 aromatic carbocycles. The van der Waals surface area contributed by atoms with E-state index in [9.17, 15) is 14.3 Å². The SMILES string of the molecule is CC(=O)O[C@@H]1[C@H](O)[C@](CO)(CF)OC1(Br)C#N. The molecule has 0 aromatic heterocycles. The van der Waals surface area contributed by atoms with Gasteiger partial charge in [0, 0.05) is 6.92 Å². The van der Waals surface area contributed by atoms with Gasteiger partial charge in [0.05, 0.1) is 6.61 Å². The van der Waals surface area contributed by atoms with Crippen molar-refractivity contribution in [1.29, 1.82) is 5.26 Å². The Bertz CT molecular complexity index is 356. The van der Waals surface area contributed by atoms with Crippen molar-refractivity contribution < 1.29 is 28.9 Å². The quantitative estimate of drug-likeness (QED) is 0.544. The van der Waals surface area contributed by atoms with Gasteiger partial charge in [-0.1, -0.05) is 0 Å². The van der Waals surface area contributed by atoms with Crippen molar-refractivity contribution in [3.05, 3.63) is 0 Å². The predicted molar refractivity (Wildman–Crippen MR) is 55.7 cm³/mol. The summed E-state index contributed by atoms with van der Waals surface area (Å²) in [7, 11) is 0. The second kappa shape index (κ2) is 4.86. The molecule has 1 aliphatic heterocycles. The molecule has 0 radical (unpaired) electrons. The van der Waals surface area contributed by atoms with E-state index in [0.29, 0.717) is 0 Å². The monoisotopic (exact) mass is 311 g/mol. The number of hydrogen-bond acceptors (Lipinski definition) is 6. The highest BCUT2D eigenvalue weighted by Crippen LogP contribution is 2.44. The molecule has 0 amide bonds. The minimum Gasteiger partial charge on any atom is -0.454 e. The third kappa shape index (κ3) is 2.28. The lowest BCUT2D eigenvalue weighted by Gasteiger charge is -2.26. The number of nitrogens with zero attached hydrogens (tertiary/aromatic N) is 1. The third-order valence-corrected chi connectivity index (χ3v) is 3.27. The number of carbonyl (C=O) groups excluding carboxylic acids is 1. The number of rotatable bonds is 3. The Morgan fingerprint density at radius 1 is 1.76 bits per heavy atom. The molecule has 1 unspecified atom stereocenters. The molecule has 0 spiro atoms. The lowest BCUT2D eigenvalue weighted by molar-refractivity contribution is -0.152. The summed E-state index contributed by atoms with van der Waals surface area (Å²) in [6.07, 6.45) is -3.08. The molecule has 0 bridgehead atoms. The zero-order valence-electron chi connectivity index (χ0n) is 8.89. The fraction of sp³-hybridized carbons (Fsp3) is 0.778. The second-order valence-corrected chi connectivity index (χ2v) is 4.87. The molecule has 96 valence electrons. The van der Waals surface area contributed by atoms with Crippen LogP contribution in [0.5, 0.6) is 0 Å². The van der Waals surface area contributed by atoms with E-state index in [4.69, 9.17) is 19.8 Å². The standard InChI is InChI=1S/C9H11BrFNO5/c1-5(14)16-7-6(15)8(2-11,4-13)17-9(7,10)3-12/h6-7,13,15H,2,4H2,1H3/t6-,7+,8+,9?/m0/s1. The van der Waals surface area contributed by atoms with Crippen LogP contribution in [0.1, 0.15) is 6.92 Å². The molecule has 1 fully saturated rings. The van der Waals surface area contributed by atoms with Crippen LogP contribution in [-0.4, -0.2) is 51.8 Å². The van der Waals surface area contributed by atoms with Crippen LogP contribution in [0.2, 0.25) is 0 Å². The van der Waals surface area contributed by atoms with Crippen molar-refractivity contribution in [1.82, 2.24) is 0 Å². The average Bonchev–Trinajstić information content (AvgIpc) is 2.51. The van der Waals surface area contributed by atoms with E-state index < -0.39 is 41.6 Å². The van der Waals surface area contributed by atoms with Gasteiger partial charge in [0.25, 0.3) is 0 Å². The van der Waals surface area contributed by atoms with Gasteiger partial charge in [-0.05, 0) is 15.9 Å². The fourth-order valence-electron chi connectivity index (χ4n) is 1.57. The fourth-order valence-corrected chi connectivity index (χ4v) is 2.24. The molecule has 4 atom stereocenters. The lowest BCUT2D eigenvalue weighted by atomic mass is 9.96. The zero-order chi connectivity index (χ0) is 13.3. The van der Waals surface area contributed by atoms with Gasteiger partial charge in [-0.15, -0.1) is 0 Å². The molecule has 17 heavy (non-hydrogen) atoms. The van der Waals surface area contributed by atoms with Gasteiger partial charge in [-0.2, -0.15) is 5.26 Å². The molecule has 1 heterocycles. The van der Waals surface area contributed by atoms with E-state index >= 15 is 0 Å². The van der Waals surface area contributed by atoms with Crippen LogP contribution >= 0.6 is 15.9 Å². The zero-order valence-corrected chi connectivity index (χ0v) is 10.5. The number of aliphatic hydroxyl groups is 2. The smallest absolute Gasteiger partial charge is 0.303 e. The number of hydrogen-bond donors (Lipinski definition) is 2. The summed E-state index contributed by atoms with van der Waals surface area (Å²) < 4.78 is 20.7. The second-order valence-electron chi connectivity index (χ2n) is 3.69. The summed E-state index contributed by atoms with van der Waals surface area (Å²) >= 11 is 2.84. The van der Waals surface area contributed by atoms with Crippen LogP contribution in [0.25, 0.3) is 0 Å². The van der Waals surface area contributed by atoms with E-state index in [1.165, 1.54) is 0 Å². The Hall–Kier alpha value is -0.750. The first-order valence-electron chi connectivity index (χ1n) is 4.67. The predicted octanol–water partition coefficient (Wildman–Crippen LogP) is -0.375. The molecule has 0 aliphatic carbocycles. The van der Waals surface area contributed by atoms with Gasteiger partial charge >= 0.3 is 5.97 Å². The van der Waals surface area contributed by atoms with Crippen molar-refractivity contribution in [3.8, 4) is 6.07 Å². The summed E-state index contributed by atoms with van der Waals surface area (Å²) in [4.78, 5) is 10.9. The number of alkyl halides is 2. The van der Waals surface area contributed by atoms with Crippen molar-refractivity contribution in [2.24, 2.45) is 0 Å². The first kappa shape index (κ1) is 14.3. The van der Waals surface area contributed by atoms with E-state index in [-0.39, 0.29) is 0 Å². The first-order chi connectivity index (χ1) is 7.85. The summed E-state index contributed by atoms with van der Waals surface area (Å²) in [5.41, 5.74) is -1.97. The Morgan fingerprint density at radius 3 is 2.71 bits per heavy atom. The minimum absolute atomic E-state index is 0.760. The van der Waals surface area contributed by atoms with Gasteiger partial charge < -0.3 is 19.7 Å². The number of esters is 1. The number of aliphatic hydroxyl groups excluding tert-OH is 2. The highest BCUT2D eigenvalue weighted by Gasteiger charge is 2.64. The molecule has 8 heteroatoms. The van der Waals surface area contributed by atoms with Crippen LogP contribution in [0.15, 0.2) is 0 Å². The van der Waals surface area contributed by atoms with Gasteiger partial charge in [-0.3, -0.25) is 4.79 Å². The number of ether oxygens (including phenoxy) is 2. The first-order valence-corrected chi connectivity index (χ1v) is 5.47. The van der Waals surface area contributed by atoms with Gasteiger partial charge in [-0.25, -0.2) is 4.39 Å². The Balaban J connectivity index is 3.10. The molecule has 1 rings (SSSR count). The van der Waals surface area contributed by atoms with Crippen LogP contribution in [0, 0.1) is 11.3 Å². The molecule has 1 aliphatic rings. The molecule has 6 nitrogen and oxygen atoms in total. The Labute approximate surface area is 105 Å². The number of halogens is 2. The highest BCUT2D eigenvalue weighted by atomic mass is 79.9. The topological polar surface area (TPSA) is 99.8 Å². The molecular formula is C9H11BrFNO5. The van der Waals surface area contributed by atoms with Gasteiger partial charge in [0.15, 0.2) is 11.7 Å². The van der Waals surface area contributed by atoms with Crippen LogP contribution in [0.3, 0.4) is 0 Å². The van der Waals surface area contributed by atoms with Crippen molar-refractivity contribution >= 4 is 21.9 Å². The summed E-state index contributed by atoms with van der Waals surface area (Å²) in [6.45, 7) is -0.999. The van der Waals surface area contributed by atoms with E-state index in [0.717, 1.165) is 6.92 Å². The molecule has 0 saturated carbocycles. The minimum atomic E-state index is -1.97. The molecular weight excluding hydrogens is 301 g/mol. The van der Waals surface area contributed by atoms with Crippen molar-refractivity contribution in [3.63, 3.8) is 0 Å². The van der Waals surface area contributed by atoms with Crippen LogP contribution in [-0.2, 0) is 14.3 Å². The van der Waals surface area contributed by atoms with Crippen molar-refractivity contribution in [2.75, 3.05) is 13.3 Å². The lowest BCUT2D eigenvalue weighted by Crippen LogP contribution is -2.49. The van der Waals surface area contributed by atoms with Gasteiger partial charge in [0.2, 0.25) is 4.51 Å². The average molecular weight is 312 g/mol. The molecule has 1 saturated heterocycles. The molecule has 2 N–H and O–H groups in total. The third-order valence-electron chi connectivity index (χ3n) is 2.48. The summed E-state index contributed by atoms with van der Waals surface area (Å²) in [6, 6.07) is 1.63. The molecule has 0 aromatic rings. The number of nitriles is 1. The Kier molecular flexibility index (Phi) is 4.09. The van der Waals surface area contributed by atoms with Gasteiger partial charge in [0.1, 0.15) is 18.8 Å². The van der Waals surface area contributed by atoms with E-state index in [1.54, 1.807) is 6.07 Å². The van der Waals surface area contributed by atoms with Crippen LogP contribution in [0.4, 0.5) is 4.39 Å². The van der Waals surface area contributed by atoms with E-state index in [2.05, 4.69) is 15.9 Å². The maximum absolute atomic E-state index is 12.9. The maximum Gasteiger partial charge on any atom is 0.303 e. The summed E-state index contributed by atoms with van der Waals surface area (Å²) in [5.74, 6) is -0.760. The highest BCUT2D eigenvalue weighted by molar-refractivity contribution is 9.10. The normalized spacial score (nSPS) is 40.9. The Morgan fingerprint density at radius 2 is 2.35 bits per heavy atom. The van der Waals surface area contributed by atoms with Crippen LogP contribution < -0.4 is 0 Å². The summed E-state index contributed by atoms with van der Waals surface area (Å²) in [5, 5.41) is 27.8. The number of carbonyl (C=O) groups is 1. The largest absolute Gasteiger partial charge is 0.454 e. The maximum atomic E-state index is 12.9.